The van der Waals surface area contributed by atoms with Crippen LogP contribution in [0.2, 0.25) is 0 Å². The van der Waals surface area contributed by atoms with Gasteiger partial charge in [0.15, 0.2) is 11.6 Å². The summed E-state index contributed by atoms with van der Waals surface area (Å²) in [5.74, 6) is 0.590. The predicted octanol–water partition coefficient (Wildman–Crippen LogP) is 9.06. The lowest BCUT2D eigenvalue weighted by molar-refractivity contribution is 0.0974. The van der Waals surface area contributed by atoms with Crippen molar-refractivity contribution in [1.29, 1.82) is 0 Å². The lowest BCUT2D eigenvalue weighted by atomic mass is 9.89. The minimum Gasteiger partial charge on any atom is -0.294 e. The first-order valence-corrected chi connectivity index (χ1v) is 13.8. The molecular formula is C34H39NO2. The second-order valence-corrected chi connectivity index (χ2v) is 10.6. The quantitative estimate of drug-likeness (QED) is 0.361. The topological polar surface area (TPSA) is 46.5 Å². The molecule has 1 heterocycles. The Hall–Kier alpha value is -3.33. The third-order valence-corrected chi connectivity index (χ3v) is 7.62. The second kappa shape index (κ2) is 12.8. The molecule has 3 nitrogen and oxygen atoms in total. The van der Waals surface area contributed by atoms with Gasteiger partial charge in [-0.25, -0.2) is 0 Å². The van der Waals surface area contributed by atoms with Gasteiger partial charge in [0.05, 0.1) is 5.69 Å². The van der Waals surface area contributed by atoms with Gasteiger partial charge in [-0.1, -0.05) is 60.6 Å². The minimum atomic E-state index is 0.0921. The average molecular weight is 494 g/mol. The van der Waals surface area contributed by atoms with Crippen molar-refractivity contribution >= 4 is 29.0 Å². The number of benzene rings is 2. The molecule has 3 heteroatoms. The molecule has 1 aliphatic heterocycles. The van der Waals surface area contributed by atoms with Crippen LogP contribution in [0.1, 0.15) is 104 Å². The predicted molar refractivity (Wildman–Crippen MR) is 155 cm³/mol. The lowest BCUT2D eigenvalue weighted by Crippen LogP contribution is -2.08. The van der Waals surface area contributed by atoms with E-state index in [1.807, 2.05) is 25.3 Å². The molecule has 2 aromatic carbocycles. The highest BCUT2D eigenvalue weighted by molar-refractivity contribution is 6.05. The number of aliphatic imine (C=N–C) groups is 1. The third-order valence-electron chi connectivity index (χ3n) is 7.62. The van der Waals surface area contributed by atoms with Crippen molar-refractivity contribution in [2.75, 3.05) is 0 Å². The summed E-state index contributed by atoms with van der Waals surface area (Å²) in [5, 5.41) is 0. The molecule has 37 heavy (non-hydrogen) atoms. The summed E-state index contributed by atoms with van der Waals surface area (Å²) in [5.41, 5.74) is 8.72. The van der Waals surface area contributed by atoms with Crippen LogP contribution in [0.25, 0.3) is 5.57 Å². The summed E-state index contributed by atoms with van der Waals surface area (Å²) in [6, 6.07) is 14.3. The first kappa shape index (κ1) is 26.7. The number of carbonyl (C=O) groups excluding carboxylic acids is 2. The van der Waals surface area contributed by atoms with Gasteiger partial charge >= 0.3 is 0 Å². The highest BCUT2D eigenvalue weighted by atomic mass is 16.1. The lowest BCUT2D eigenvalue weighted by Gasteiger charge is -2.15. The monoisotopic (exact) mass is 493 g/mol. The first-order valence-electron chi connectivity index (χ1n) is 13.8. The number of hydrogen-bond acceptors (Lipinski definition) is 3. The average Bonchev–Trinajstić information content (AvgIpc) is 2.97. The van der Waals surface area contributed by atoms with Crippen LogP contribution >= 0.6 is 0 Å². The maximum absolute atomic E-state index is 13.1. The Morgan fingerprint density at radius 2 is 1.92 bits per heavy atom. The standard InChI is InChI=1S/C34H39NO2/c1-4-7-33(36)29-17-18-32-31(23-29)34(37)19-16-26(20-21-35-32)14-15-27-9-6-10-28(22-27)30-11-5-8-24(2)12-13-25(30)3/h5-6,8-11,17-18,21-23,26H,4,7,12-16,19-20H2,1-3H3. The number of fused-ring (bicyclic) bond motifs is 1. The van der Waals surface area contributed by atoms with E-state index in [0.29, 0.717) is 35.6 Å². The number of aryl methyl sites for hydroxylation is 1. The summed E-state index contributed by atoms with van der Waals surface area (Å²) in [7, 11) is 0. The maximum Gasteiger partial charge on any atom is 0.165 e. The molecule has 1 unspecified atom stereocenters. The van der Waals surface area contributed by atoms with Gasteiger partial charge in [0.1, 0.15) is 0 Å². The fraction of sp³-hybridized carbons (Fsp3) is 0.382. The molecule has 1 atom stereocenters. The van der Waals surface area contributed by atoms with Crippen LogP contribution in [-0.4, -0.2) is 17.8 Å². The van der Waals surface area contributed by atoms with Crippen LogP contribution in [0, 0.1) is 5.92 Å². The van der Waals surface area contributed by atoms with Gasteiger partial charge < -0.3 is 0 Å². The Kier molecular flexibility index (Phi) is 9.22. The van der Waals surface area contributed by atoms with Gasteiger partial charge in [0, 0.05) is 30.2 Å². The van der Waals surface area contributed by atoms with Gasteiger partial charge in [0.2, 0.25) is 0 Å². The van der Waals surface area contributed by atoms with E-state index in [0.717, 1.165) is 44.9 Å². The van der Waals surface area contributed by atoms with Crippen LogP contribution < -0.4 is 0 Å². The van der Waals surface area contributed by atoms with Crippen molar-refractivity contribution in [3.63, 3.8) is 0 Å². The van der Waals surface area contributed by atoms with Crippen molar-refractivity contribution in [2.24, 2.45) is 10.9 Å². The van der Waals surface area contributed by atoms with E-state index in [4.69, 9.17) is 0 Å². The molecule has 0 amide bonds. The number of rotatable bonds is 7. The number of nitrogens with zero attached hydrogens (tertiary/aromatic N) is 1. The Labute approximate surface area is 222 Å². The van der Waals surface area contributed by atoms with E-state index in [9.17, 15) is 9.59 Å². The van der Waals surface area contributed by atoms with Crippen LogP contribution in [0.5, 0.6) is 0 Å². The Balaban J connectivity index is 1.43. The maximum atomic E-state index is 13.1. The molecule has 2 aliphatic rings. The van der Waals surface area contributed by atoms with Gasteiger partial charge in [-0.05, 0) is 99.6 Å². The molecule has 2 aromatic rings. The minimum absolute atomic E-state index is 0.0921. The number of ketones is 2. The SMILES string of the molecule is CCCC(=O)c1ccc2c(c1)C(=O)CCC(CCc1cccc(C3=C(C)CCC(C)=CC=C3)c1)CC=N2. The highest BCUT2D eigenvalue weighted by Gasteiger charge is 2.19. The fourth-order valence-electron chi connectivity index (χ4n) is 5.23. The van der Waals surface area contributed by atoms with Gasteiger partial charge in [-0.15, -0.1) is 0 Å². The largest absolute Gasteiger partial charge is 0.294 e. The molecule has 1 aliphatic carbocycles. The normalized spacial score (nSPS) is 18.3. The van der Waals surface area contributed by atoms with E-state index in [2.05, 4.69) is 61.3 Å². The third kappa shape index (κ3) is 7.13. The molecular weight excluding hydrogens is 454 g/mol. The zero-order chi connectivity index (χ0) is 26.2. The van der Waals surface area contributed by atoms with Crippen molar-refractivity contribution in [2.45, 2.75) is 78.6 Å². The van der Waals surface area contributed by atoms with Crippen LogP contribution in [-0.2, 0) is 6.42 Å². The molecule has 0 fully saturated rings. The van der Waals surface area contributed by atoms with Crippen LogP contribution in [0.4, 0.5) is 5.69 Å². The molecule has 0 saturated carbocycles. The molecule has 0 aromatic heterocycles. The molecule has 192 valence electrons. The van der Waals surface area contributed by atoms with Crippen molar-refractivity contribution in [3.05, 3.63) is 94.1 Å². The number of allylic oxidation sites excluding steroid dienone is 6. The van der Waals surface area contributed by atoms with E-state index in [-0.39, 0.29) is 11.6 Å². The van der Waals surface area contributed by atoms with E-state index in [1.54, 1.807) is 6.07 Å². The molecule has 4 rings (SSSR count). The summed E-state index contributed by atoms with van der Waals surface area (Å²) in [6.07, 6.45) is 16.3. The molecule has 0 saturated heterocycles. The Morgan fingerprint density at radius 1 is 1.05 bits per heavy atom. The van der Waals surface area contributed by atoms with Gasteiger partial charge in [0.25, 0.3) is 0 Å². The summed E-state index contributed by atoms with van der Waals surface area (Å²) in [4.78, 5) is 30.1. The van der Waals surface area contributed by atoms with Gasteiger partial charge in [-0.2, -0.15) is 0 Å². The number of hydrogen-bond donors (Lipinski definition) is 0. The van der Waals surface area contributed by atoms with E-state index in [1.165, 1.54) is 27.8 Å². The summed E-state index contributed by atoms with van der Waals surface area (Å²) < 4.78 is 0. The second-order valence-electron chi connectivity index (χ2n) is 10.6. The van der Waals surface area contributed by atoms with Crippen molar-refractivity contribution in [1.82, 2.24) is 0 Å². The zero-order valence-electron chi connectivity index (χ0n) is 22.6. The molecule has 0 bridgehead atoms. The number of Topliss-reactive ketones (excluding diaryl/α,β-unsaturated/α-hetero) is 2. The molecule has 0 radical (unpaired) electrons. The van der Waals surface area contributed by atoms with Crippen LogP contribution in [0.3, 0.4) is 0 Å². The van der Waals surface area contributed by atoms with E-state index < -0.39 is 0 Å². The Bertz CT molecular complexity index is 1270. The summed E-state index contributed by atoms with van der Waals surface area (Å²) in [6.45, 7) is 6.44. The van der Waals surface area contributed by atoms with Crippen LogP contribution in [0.15, 0.2) is 76.8 Å². The fourth-order valence-corrected chi connectivity index (χ4v) is 5.23. The van der Waals surface area contributed by atoms with Crippen molar-refractivity contribution in [3.8, 4) is 0 Å². The Morgan fingerprint density at radius 3 is 2.76 bits per heavy atom. The summed E-state index contributed by atoms with van der Waals surface area (Å²) >= 11 is 0. The first-order chi connectivity index (χ1) is 17.9. The van der Waals surface area contributed by atoms with Gasteiger partial charge in [-0.3, -0.25) is 14.6 Å². The number of carbonyl (C=O) groups is 2. The highest BCUT2D eigenvalue weighted by Crippen LogP contribution is 2.30. The smallest absolute Gasteiger partial charge is 0.165 e. The molecule has 0 spiro atoms. The van der Waals surface area contributed by atoms with E-state index >= 15 is 0 Å². The zero-order valence-corrected chi connectivity index (χ0v) is 22.6. The molecule has 0 N–H and O–H groups in total. The van der Waals surface area contributed by atoms with Crippen molar-refractivity contribution < 1.29 is 9.59 Å².